The molecule has 0 spiro atoms. The molecular formula is C13H24N2O3. The average molecular weight is 256 g/mol. The van der Waals surface area contributed by atoms with Crippen LogP contribution in [0.1, 0.15) is 34.1 Å². The van der Waals surface area contributed by atoms with E-state index >= 15 is 0 Å². The number of carbonyl (C=O) groups is 2. The van der Waals surface area contributed by atoms with E-state index in [0.717, 1.165) is 6.42 Å². The topological polar surface area (TPSA) is 69.6 Å². The first kappa shape index (κ1) is 16.6. The van der Waals surface area contributed by atoms with Crippen LogP contribution in [-0.2, 0) is 9.59 Å². The molecule has 0 heterocycles. The summed E-state index contributed by atoms with van der Waals surface area (Å²) >= 11 is 0. The minimum atomic E-state index is -0.953. The van der Waals surface area contributed by atoms with Gasteiger partial charge in [-0.2, -0.15) is 0 Å². The van der Waals surface area contributed by atoms with Gasteiger partial charge in [0, 0.05) is 12.1 Å². The van der Waals surface area contributed by atoms with Crippen molar-refractivity contribution in [3.8, 4) is 0 Å². The number of amides is 1. The van der Waals surface area contributed by atoms with E-state index in [0.29, 0.717) is 6.54 Å². The van der Waals surface area contributed by atoms with E-state index in [1.807, 2.05) is 20.8 Å². The van der Waals surface area contributed by atoms with Crippen molar-refractivity contribution in [2.45, 2.75) is 45.7 Å². The number of aliphatic carboxylic acids is 1. The molecule has 104 valence electrons. The van der Waals surface area contributed by atoms with Gasteiger partial charge in [0.15, 0.2) is 0 Å². The number of carboxylic acid groups (broad SMARTS) is 1. The Morgan fingerprint density at radius 2 is 2.06 bits per heavy atom. The third-order valence-corrected chi connectivity index (χ3v) is 2.97. The summed E-state index contributed by atoms with van der Waals surface area (Å²) in [5, 5.41) is 11.7. The minimum Gasteiger partial charge on any atom is -0.480 e. The number of hydrogen-bond acceptors (Lipinski definition) is 3. The Hall–Kier alpha value is -1.36. The van der Waals surface area contributed by atoms with Gasteiger partial charge in [-0.1, -0.05) is 13.0 Å². The second-order valence-corrected chi connectivity index (χ2v) is 5.01. The Balaban J connectivity index is 4.65. The highest BCUT2D eigenvalue weighted by Crippen LogP contribution is 2.09. The molecular weight excluding hydrogens is 232 g/mol. The van der Waals surface area contributed by atoms with Crippen molar-refractivity contribution < 1.29 is 14.7 Å². The first-order chi connectivity index (χ1) is 8.23. The molecule has 0 aromatic rings. The largest absolute Gasteiger partial charge is 0.480 e. The standard InChI is InChI=1S/C13H24N2O3/c1-6-8-15(9-11(16)17)10(3)12(18)14-13(4,5)7-2/h6,10H,1,7-9H2,2-5H3,(H,14,18)(H,16,17). The Kier molecular flexibility index (Phi) is 6.62. The molecule has 2 N–H and O–H groups in total. The van der Waals surface area contributed by atoms with E-state index in [4.69, 9.17) is 5.11 Å². The van der Waals surface area contributed by atoms with Gasteiger partial charge in [0.2, 0.25) is 5.91 Å². The predicted molar refractivity (Wildman–Crippen MR) is 71.4 cm³/mol. The summed E-state index contributed by atoms with van der Waals surface area (Å²) < 4.78 is 0. The molecule has 18 heavy (non-hydrogen) atoms. The van der Waals surface area contributed by atoms with Crippen LogP contribution < -0.4 is 5.32 Å². The average Bonchev–Trinajstić information content (AvgIpc) is 2.26. The van der Waals surface area contributed by atoms with Crippen molar-refractivity contribution in [2.75, 3.05) is 13.1 Å². The van der Waals surface area contributed by atoms with Gasteiger partial charge >= 0.3 is 5.97 Å². The Morgan fingerprint density at radius 3 is 2.44 bits per heavy atom. The second kappa shape index (κ2) is 7.16. The Labute approximate surface area is 109 Å². The van der Waals surface area contributed by atoms with Gasteiger partial charge in [0.05, 0.1) is 12.6 Å². The van der Waals surface area contributed by atoms with E-state index < -0.39 is 12.0 Å². The van der Waals surface area contributed by atoms with E-state index in [1.54, 1.807) is 17.9 Å². The summed E-state index contributed by atoms with van der Waals surface area (Å²) in [5.41, 5.74) is -0.283. The van der Waals surface area contributed by atoms with Crippen molar-refractivity contribution in [3.05, 3.63) is 12.7 Å². The highest BCUT2D eigenvalue weighted by molar-refractivity contribution is 5.82. The molecule has 0 aromatic carbocycles. The van der Waals surface area contributed by atoms with Crippen LogP contribution in [0, 0.1) is 0 Å². The molecule has 0 aliphatic rings. The zero-order valence-electron chi connectivity index (χ0n) is 11.7. The highest BCUT2D eigenvalue weighted by atomic mass is 16.4. The molecule has 1 unspecified atom stereocenters. The number of hydrogen-bond donors (Lipinski definition) is 2. The van der Waals surface area contributed by atoms with Crippen molar-refractivity contribution in [2.24, 2.45) is 0 Å². The summed E-state index contributed by atoms with van der Waals surface area (Å²) in [6, 6.07) is -0.495. The van der Waals surface area contributed by atoms with E-state index in [1.165, 1.54) is 0 Å². The van der Waals surface area contributed by atoms with Crippen LogP contribution in [-0.4, -0.2) is 46.6 Å². The number of carbonyl (C=O) groups excluding carboxylic acids is 1. The van der Waals surface area contributed by atoms with Crippen molar-refractivity contribution >= 4 is 11.9 Å². The van der Waals surface area contributed by atoms with Crippen molar-refractivity contribution in [1.29, 1.82) is 0 Å². The van der Waals surface area contributed by atoms with Crippen LogP contribution >= 0.6 is 0 Å². The van der Waals surface area contributed by atoms with Crippen LogP contribution in [0.5, 0.6) is 0 Å². The van der Waals surface area contributed by atoms with Gasteiger partial charge in [-0.25, -0.2) is 0 Å². The van der Waals surface area contributed by atoms with Crippen LogP contribution in [0.25, 0.3) is 0 Å². The van der Waals surface area contributed by atoms with Gasteiger partial charge in [-0.05, 0) is 27.2 Å². The van der Waals surface area contributed by atoms with Gasteiger partial charge < -0.3 is 10.4 Å². The first-order valence-electron chi connectivity index (χ1n) is 6.12. The molecule has 0 saturated heterocycles. The van der Waals surface area contributed by atoms with Crippen LogP contribution in [0.2, 0.25) is 0 Å². The molecule has 0 rings (SSSR count). The lowest BCUT2D eigenvalue weighted by Crippen LogP contribution is -2.52. The Bertz CT molecular complexity index is 313. The Morgan fingerprint density at radius 1 is 1.50 bits per heavy atom. The molecule has 0 fully saturated rings. The summed E-state index contributed by atoms with van der Waals surface area (Å²) in [7, 11) is 0. The van der Waals surface area contributed by atoms with Crippen LogP contribution in [0.3, 0.4) is 0 Å². The minimum absolute atomic E-state index is 0.162. The molecule has 0 saturated carbocycles. The highest BCUT2D eigenvalue weighted by Gasteiger charge is 2.26. The van der Waals surface area contributed by atoms with Gasteiger partial charge in [-0.3, -0.25) is 14.5 Å². The zero-order valence-corrected chi connectivity index (χ0v) is 11.7. The fourth-order valence-electron chi connectivity index (χ4n) is 1.39. The van der Waals surface area contributed by atoms with Crippen LogP contribution in [0.4, 0.5) is 0 Å². The normalized spacial score (nSPS) is 13.2. The quantitative estimate of drug-likeness (QED) is 0.641. The number of rotatable bonds is 8. The fraction of sp³-hybridized carbons (Fsp3) is 0.692. The monoisotopic (exact) mass is 256 g/mol. The SMILES string of the molecule is C=CCN(CC(=O)O)C(C)C(=O)NC(C)(C)CC. The molecule has 1 atom stereocenters. The van der Waals surface area contributed by atoms with Crippen molar-refractivity contribution in [3.63, 3.8) is 0 Å². The van der Waals surface area contributed by atoms with E-state index in [9.17, 15) is 9.59 Å². The van der Waals surface area contributed by atoms with Gasteiger partial charge in [0.25, 0.3) is 0 Å². The van der Waals surface area contributed by atoms with Gasteiger partial charge in [-0.15, -0.1) is 6.58 Å². The first-order valence-corrected chi connectivity index (χ1v) is 6.12. The van der Waals surface area contributed by atoms with E-state index in [2.05, 4.69) is 11.9 Å². The number of nitrogens with zero attached hydrogens (tertiary/aromatic N) is 1. The lowest BCUT2D eigenvalue weighted by atomic mass is 10.0. The maximum Gasteiger partial charge on any atom is 0.317 e. The van der Waals surface area contributed by atoms with Gasteiger partial charge in [0.1, 0.15) is 0 Å². The third kappa shape index (κ3) is 5.82. The molecule has 1 amide bonds. The molecule has 5 nitrogen and oxygen atoms in total. The smallest absolute Gasteiger partial charge is 0.317 e. The maximum absolute atomic E-state index is 12.0. The summed E-state index contributed by atoms with van der Waals surface area (Å²) in [5.74, 6) is -1.11. The molecule has 5 heteroatoms. The van der Waals surface area contributed by atoms with Crippen molar-refractivity contribution in [1.82, 2.24) is 10.2 Å². The molecule has 0 bridgehead atoms. The van der Waals surface area contributed by atoms with Crippen LogP contribution in [0.15, 0.2) is 12.7 Å². The lowest BCUT2D eigenvalue weighted by Gasteiger charge is -2.30. The summed E-state index contributed by atoms with van der Waals surface area (Å²) in [4.78, 5) is 24.3. The summed E-state index contributed by atoms with van der Waals surface area (Å²) in [6.45, 7) is 11.3. The summed E-state index contributed by atoms with van der Waals surface area (Å²) in [6.07, 6.45) is 2.41. The fourth-order valence-corrected chi connectivity index (χ4v) is 1.39. The lowest BCUT2D eigenvalue weighted by molar-refractivity contribution is -0.139. The molecule has 0 aliphatic heterocycles. The maximum atomic E-state index is 12.0. The number of carboxylic acids is 1. The molecule has 0 aromatic heterocycles. The molecule has 0 radical (unpaired) electrons. The second-order valence-electron chi connectivity index (χ2n) is 5.01. The van der Waals surface area contributed by atoms with E-state index in [-0.39, 0.29) is 18.0 Å². The zero-order chi connectivity index (χ0) is 14.3. The predicted octanol–water partition coefficient (Wildman–Crippen LogP) is 1.25. The third-order valence-electron chi connectivity index (χ3n) is 2.97. The molecule has 0 aliphatic carbocycles. The number of nitrogens with one attached hydrogen (secondary N) is 1.